The Morgan fingerprint density at radius 3 is 2.43 bits per heavy atom. The number of carbonyl (C=O) groups excluding carboxylic acids is 1. The van der Waals surface area contributed by atoms with E-state index in [9.17, 15) is 9.90 Å². The van der Waals surface area contributed by atoms with E-state index in [4.69, 9.17) is 4.74 Å². The highest BCUT2D eigenvalue weighted by atomic mass is 16.5. The number of benzene rings is 2. The van der Waals surface area contributed by atoms with Gasteiger partial charge in [0.25, 0.3) is 0 Å². The fourth-order valence-corrected chi connectivity index (χ4v) is 3.98. The second kappa shape index (κ2) is 7.32. The van der Waals surface area contributed by atoms with Gasteiger partial charge < -0.3 is 14.7 Å². The van der Waals surface area contributed by atoms with E-state index in [1.807, 2.05) is 26.8 Å². The molecule has 5 nitrogen and oxygen atoms in total. The number of ether oxygens (including phenoxy) is 1. The number of aromatic hydroxyl groups is 1. The second-order valence-electron chi connectivity index (χ2n) is 7.75. The molecule has 0 atom stereocenters. The monoisotopic (exact) mass is 378 g/mol. The van der Waals surface area contributed by atoms with Crippen molar-refractivity contribution in [1.29, 1.82) is 0 Å². The molecule has 2 aliphatic rings. The van der Waals surface area contributed by atoms with Crippen LogP contribution in [0, 0.1) is 6.92 Å². The molecule has 0 aliphatic carbocycles. The summed E-state index contributed by atoms with van der Waals surface area (Å²) in [4.78, 5) is 17.4. The Balaban J connectivity index is 1.54. The molecule has 0 bridgehead atoms. The maximum atomic E-state index is 12.7. The van der Waals surface area contributed by atoms with Crippen molar-refractivity contribution >= 4 is 11.5 Å². The minimum atomic E-state index is -0.0809. The van der Waals surface area contributed by atoms with Crippen molar-refractivity contribution in [2.75, 3.05) is 31.1 Å². The number of Topliss-reactive ketones (excluding diaryl/α,β-unsaturated/α-hetero) is 1. The van der Waals surface area contributed by atoms with Crippen LogP contribution in [0.15, 0.2) is 47.7 Å². The molecule has 0 amide bonds. The van der Waals surface area contributed by atoms with Crippen LogP contribution in [-0.4, -0.2) is 42.0 Å². The molecule has 28 heavy (non-hydrogen) atoms. The molecule has 0 radical (unpaired) electrons. The van der Waals surface area contributed by atoms with Gasteiger partial charge in [0.1, 0.15) is 11.5 Å². The lowest BCUT2D eigenvalue weighted by atomic mass is 9.98. The number of para-hydroxylation sites is 1. The number of fused-ring (bicyclic) bond motifs is 1. The highest BCUT2D eigenvalue weighted by molar-refractivity contribution is 6.14. The number of carbonyl (C=O) groups is 1. The van der Waals surface area contributed by atoms with Crippen molar-refractivity contribution in [2.24, 2.45) is 0 Å². The summed E-state index contributed by atoms with van der Waals surface area (Å²) in [5, 5.41) is 10.6. The van der Waals surface area contributed by atoms with E-state index in [1.165, 1.54) is 5.69 Å². The van der Waals surface area contributed by atoms with Crippen LogP contribution in [0.1, 0.15) is 35.3 Å². The number of anilines is 1. The number of hydrogen-bond acceptors (Lipinski definition) is 5. The topological polar surface area (TPSA) is 53.0 Å². The first-order chi connectivity index (χ1) is 13.5. The first-order valence-electron chi connectivity index (χ1n) is 9.73. The molecule has 5 heteroatoms. The molecule has 4 rings (SSSR count). The smallest absolute Gasteiger partial charge is 0.232 e. The Morgan fingerprint density at radius 1 is 1.11 bits per heavy atom. The molecule has 2 aromatic carbocycles. The Kier molecular flexibility index (Phi) is 4.85. The van der Waals surface area contributed by atoms with Crippen LogP contribution in [0.4, 0.5) is 5.69 Å². The van der Waals surface area contributed by atoms with E-state index in [2.05, 4.69) is 34.1 Å². The SMILES string of the molecule is CC(C)=C1Oc2c(CN3CCN(c4ccccc4)CC3)c(O)cc(C)c2C1=O. The van der Waals surface area contributed by atoms with Gasteiger partial charge in [0.2, 0.25) is 5.78 Å². The fraction of sp³-hybridized carbons (Fsp3) is 0.348. The van der Waals surface area contributed by atoms with Crippen LogP contribution in [0.5, 0.6) is 11.5 Å². The molecule has 2 aliphatic heterocycles. The largest absolute Gasteiger partial charge is 0.507 e. The summed E-state index contributed by atoms with van der Waals surface area (Å²) in [6.07, 6.45) is 0. The van der Waals surface area contributed by atoms with E-state index in [0.29, 0.717) is 29.2 Å². The molecule has 0 spiro atoms. The van der Waals surface area contributed by atoms with Gasteiger partial charge in [0.15, 0.2) is 5.76 Å². The summed E-state index contributed by atoms with van der Waals surface area (Å²) in [7, 11) is 0. The molecule has 2 heterocycles. The van der Waals surface area contributed by atoms with E-state index in [0.717, 1.165) is 37.3 Å². The van der Waals surface area contributed by atoms with E-state index in [-0.39, 0.29) is 11.5 Å². The van der Waals surface area contributed by atoms with Crippen molar-refractivity contribution in [3.05, 3.63) is 64.4 Å². The number of hydrogen-bond donors (Lipinski definition) is 1. The predicted octanol–water partition coefficient (Wildman–Crippen LogP) is 3.89. The van der Waals surface area contributed by atoms with Gasteiger partial charge in [-0.1, -0.05) is 18.2 Å². The molecule has 2 aromatic rings. The Morgan fingerprint density at radius 2 is 1.79 bits per heavy atom. The standard InChI is InChI=1S/C23H26N2O3/c1-15(2)22-21(27)20-16(3)13-19(26)18(23(20)28-22)14-24-9-11-25(12-10-24)17-7-5-4-6-8-17/h4-8,13,26H,9-12,14H2,1-3H3. The predicted molar refractivity (Wildman–Crippen MR) is 110 cm³/mol. The molecular formula is C23H26N2O3. The van der Waals surface area contributed by atoms with Gasteiger partial charge in [-0.3, -0.25) is 9.69 Å². The minimum Gasteiger partial charge on any atom is -0.507 e. The maximum Gasteiger partial charge on any atom is 0.232 e. The number of aryl methyl sites for hydroxylation is 1. The van der Waals surface area contributed by atoms with Crippen LogP contribution in [-0.2, 0) is 6.54 Å². The third-order valence-corrected chi connectivity index (χ3v) is 5.52. The van der Waals surface area contributed by atoms with E-state index in [1.54, 1.807) is 6.07 Å². The lowest BCUT2D eigenvalue weighted by molar-refractivity contribution is 0.101. The van der Waals surface area contributed by atoms with E-state index >= 15 is 0 Å². The number of ketones is 1. The zero-order chi connectivity index (χ0) is 19.8. The summed E-state index contributed by atoms with van der Waals surface area (Å²) in [6, 6.07) is 12.1. The van der Waals surface area contributed by atoms with Crippen molar-refractivity contribution in [3.8, 4) is 11.5 Å². The number of piperazine rings is 1. The van der Waals surface area contributed by atoms with Crippen molar-refractivity contribution in [3.63, 3.8) is 0 Å². The van der Waals surface area contributed by atoms with Gasteiger partial charge in [0, 0.05) is 38.4 Å². The number of nitrogens with zero attached hydrogens (tertiary/aromatic N) is 2. The summed E-state index contributed by atoms with van der Waals surface area (Å²) in [5.74, 6) is 1.04. The maximum absolute atomic E-state index is 12.7. The zero-order valence-corrected chi connectivity index (χ0v) is 16.7. The van der Waals surface area contributed by atoms with Crippen LogP contribution >= 0.6 is 0 Å². The van der Waals surface area contributed by atoms with Gasteiger partial charge in [-0.25, -0.2) is 0 Å². The summed E-state index contributed by atoms with van der Waals surface area (Å²) in [5.41, 5.74) is 4.14. The van der Waals surface area contributed by atoms with Gasteiger partial charge in [-0.2, -0.15) is 0 Å². The molecule has 0 saturated carbocycles. The summed E-state index contributed by atoms with van der Waals surface area (Å²) < 4.78 is 5.94. The molecule has 0 aromatic heterocycles. The Labute approximate surface area is 165 Å². The Bertz CT molecular complexity index is 938. The van der Waals surface area contributed by atoms with Crippen LogP contribution in [0.2, 0.25) is 0 Å². The fourth-order valence-electron chi connectivity index (χ4n) is 3.98. The third-order valence-electron chi connectivity index (χ3n) is 5.52. The first-order valence-corrected chi connectivity index (χ1v) is 9.73. The zero-order valence-electron chi connectivity index (χ0n) is 16.7. The highest BCUT2D eigenvalue weighted by Crippen LogP contribution is 2.42. The first kappa shape index (κ1) is 18.6. The van der Waals surface area contributed by atoms with Gasteiger partial charge in [-0.05, 0) is 50.1 Å². The average Bonchev–Trinajstić information content (AvgIpc) is 3.04. The molecule has 0 unspecified atom stereocenters. The molecule has 1 saturated heterocycles. The molecule has 146 valence electrons. The quantitative estimate of drug-likeness (QED) is 0.821. The molecule has 1 N–H and O–H groups in total. The van der Waals surface area contributed by atoms with Gasteiger partial charge >= 0.3 is 0 Å². The number of phenols is 1. The lowest BCUT2D eigenvalue weighted by Gasteiger charge is -2.36. The van der Waals surface area contributed by atoms with E-state index < -0.39 is 0 Å². The Hall–Kier alpha value is -2.79. The van der Waals surface area contributed by atoms with Crippen LogP contribution in [0.3, 0.4) is 0 Å². The molecular weight excluding hydrogens is 352 g/mol. The third kappa shape index (κ3) is 3.27. The van der Waals surface area contributed by atoms with Crippen molar-refractivity contribution < 1.29 is 14.6 Å². The van der Waals surface area contributed by atoms with Crippen molar-refractivity contribution in [2.45, 2.75) is 27.3 Å². The van der Waals surface area contributed by atoms with Gasteiger partial charge in [-0.15, -0.1) is 0 Å². The summed E-state index contributed by atoms with van der Waals surface area (Å²) in [6.45, 7) is 9.79. The van der Waals surface area contributed by atoms with Gasteiger partial charge in [0.05, 0.1) is 11.1 Å². The number of phenolic OH excluding ortho intramolecular Hbond substituents is 1. The molecule has 1 fully saturated rings. The summed E-state index contributed by atoms with van der Waals surface area (Å²) >= 11 is 0. The number of rotatable bonds is 3. The second-order valence-corrected chi connectivity index (χ2v) is 7.75. The lowest BCUT2D eigenvalue weighted by Crippen LogP contribution is -2.46. The highest BCUT2D eigenvalue weighted by Gasteiger charge is 2.34. The average molecular weight is 378 g/mol. The minimum absolute atomic E-state index is 0.0809. The van der Waals surface area contributed by atoms with Crippen LogP contribution in [0.25, 0.3) is 0 Å². The number of allylic oxidation sites excluding steroid dienone is 2. The van der Waals surface area contributed by atoms with Crippen molar-refractivity contribution in [1.82, 2.24) is 4.90 Å². The normalized spacial score (nSPS) is 16.9. The van der Waals surface area contributed by atoms with Crippen LogP contribution < -0.4 is 9.64 Å².